The number of rotatable bonds is 6. The van der Waals surface area contributed by atoms with Gasteiger partial charge in [0, 0.05) is 10.6 Å². The molecular weight excluding hydrogens is 439 g/mol. The van der Waals surface area contributed by atoms with E-state index in [1.165, 1.54) is 11.3 Å². The fraction of sp³-hybridized carbons (Fsp3) is 0.0435. The number of carbonyl (C=O) groups excluding carboxylic acids is 1. The summed E-state index contributed by atoms with van der Waals surface area (Å²) in [6.45, 7) is -0.192. The van der Waals surface area contributed by atoms with Crippen LogP contribution in [-0.4, -0.2) is 17.5 Å². The lowest BCUT2D eigenvalue weighted by Gasteiger charge is -2.07. The number of nitrogens with one attached hydrogen (secondary N) is 1. The molecule has 0 spiro atoms. The highest BCUT2D eigenvalue weighted by molar-refractivity contribution is 7.19. The summed E-state index contributed by atoms with van der Waals surface area (Å²) in [7, 11) is 0. The second kappa shape index (κ2) is 9.30. The summed E-state index contributed by atoms with van der Waals surface area (Å²) in [6, 6.07) is 24.7. The molecule has 30 heavy (non-hydrogen) atoms. The third-order valence-electron chi connectivity index (χ3n) is 4.21. The first-order chi connectivity index (χ1) is 14.6. The highest BCUT2D eigenvalue weighted by Gasteiger charge is 2.16. The Kier molecular flexibility index (Phi) is 6.33. The van der Waals surface area contributed by atoms with Crippen molar-refractivity contribution in [3.05, 3.63) is 88.9 Å². The molecule has 7 heteroatoms. The van der Waals surface area contributed by atoms with Gasteiger partial charge in [0.1, 0.15) is 5.75 Å². The van der Waals surface area contributed by atoms with E-state index in [4.69, 9.17) is 27.9 Å². The van der Waals surface area contributed by atoms with Gasteiger partial charge in [-0.2, -0.15) is 0 Å². The van der Waals surface area contributed by atoms with Gasteiger partial charge in [0.15, 0.2) is 11.7 Å². The Hall–Kier alpha value is -2.86. The van der Waals surface area contributed by atoms with Gasteiger partial charge in [-0.25, -0.2) is 4.98 Å². The van der Waals surface area contributed by atoms with E-state index in [0.717, 1.165) is 21.7 Å². The Bertz CT molecular complexity index is 1110. The van der Waals surface area contributed by atoms with Crippen molar-refractivity contribution in [1.29, 1.82) is 0 Å². The Labute approximate surface area is 188 Å². The van der Waals surface area contributed by atoms with Crippen molar-refractivity contribution in [2.45, 2.75) is 0 Å². The molecule has 0 fully saturated rings. The van der Waals surface area contributed by atoms with E-state index in [0.29, 0.717) is 20.9 Å². The van der Waals surface area contributed by atoms with Gasteiger partial charge in [-0.1, -0.05) is 95.2 Å². The molecule has 0 aliphatic carbocycles. The van der Waals surface area contributed by atoms with E-state index < -0.39 is 0 Å². The molecule has 1 aromatic heterocycles. The summed E-state index contributed by atoms with van der Waals surface area (Å²) in [6.07, 6.45) is 0. The zero-order chi connectivity index (χ0) is 20.9. The van der Waals surface area contributed by atoms with Gasteiger partial charge in [-0.15, -0.1) is 0 Å². The van der Waals surface area contributed by atoms with Gasteiger partial charge in [0.25, 0.3) is 5.91 Å². The van der Waals surface area contributed by atoms with Crippen LogP contribution in [0.2, 0.25) is 10.0 Å². The van der Waals surface area contributed by atoms with Gasteiger partial charge in [-0.05, 0) is 23.8 Å². The molecule has 1 heterocycles. The molecule has 0 radical (unpaired) electrons. The van der Waals surface area contributed by atoms with Gasteiger partial charge in [-0.3, -0.25) is 10.1 Å². The molecule has 0 bridgehead atoms. The van der Waals surface area contributed by atoms with Crippen molar-refractivity contribution in [3.63, 3.8) is 0 Å². The molecule has 4 rings (SSSR count). The normalized spacial score (nSPS) is 10.6. The number of carbonyl (C=O) groups is 1. The number of hydrogen-bond acceptors (Lipinski definition) is 4. The Morgan fingerprint density at radius 3 is 2.27 bits per heavy atom. The monoisotopic (exact) mass is 454 g/mol. The first-order valence-electron chi connectivity index (χ1n) is 9.09. The lowest BCUT2D eigenvalue weighted by Crippen LogP contribution is -2.20. The topological polar surface area (TPSA) is 51.2 Å². The summed E-state index contributed by atoms with van der Waals surface area (Å²) in [5.74, 6) is 0.0688. The zero-order valence-electron chi connectivity index (χ0n) is 15.6. The highest BCUT2D eigenvalue weighted by Crippen LogP contribution is 2.38. The molecule has 4 aromatic rings. The number of ether oxygens (including phenoxy) is 1. The number of nitrogens with zero attached hydrogens (tertiary/aromatic N) is 1. The third-order valence-corrected chi connectivity index (χ3v) is 5.76. The Morgan fingerprint density at radius 1 is 0.933 bits per heavy atom. The van der Waals surface area contributed by atoms with Crippen LogP contribution in [-0.2, 0) is 4.79 Å². The van der Waals surface area contributed by atoms with Crippen LogP contribution in [0.5, 0.6) is 5.75 Å². The average Bonchev–Trinajstić information content (AvgIpc) is 3.18. The molecule has 0 unspecified atom stereocenters. The van der Waals surface area contributed by atoms with Crippen LogP contribution in [0.25, 0.3) is 21.7 Å². The van der Waals surface area contributed by atoms with Gasteiger partial charge < -0.3 is 4.74 Å². The number of thiazole rings is 1. The molecular formula is C23H16Cl2N2O2S. The SMILES string of the molecule is O=C(COc1ccc(Cl)cc1Cl)Nc1nc(-c2ccccc2)c(-c2ccccc2)s1. The number of hydrogen-bond donors (Lipinski definition) is 1. The second-order valence-electron chi connectivity index (χ2n) is 6.34. The molecule has 1 N–H and O–H groups in total. The van der Waals surface area contributed by atoms with E-state index in [9.17, 15) is 4.79 Å². The van der Waals surface area contributed by atoms with E-state index >= 15 is 0 Å². The number of benzene rings is 3. The van der Waals surface area contributed by atoms with E-state index in [1.807, 2.05) is 60.7 Å². The maximum atomic E-state index is 12.4. The minimum atomic E-state index is -0.325. The minimum Gasteiger partial charge on any atom is -0.482 e. The molecule has 3 aromatic carbocycles. The van der Waals surface area contributed by atoms with Crippen LogP contribution in [0.15, 0.2) is 78.9 Å². The van der Waals surface area contributed by atoms with Gasteiger partial charge in [0.2, 0.25) is 0 Å². The summed E-state index contributed by atoms with van der Waals surface area (Å²) < 4.78 is 5.51. The minimum absolute atomic E-state index is 0.192. The fourth-order valence-corrected chi connectivity index (χ4v) is 4.31. The highest BCUT2D eigenvalue weighted by atomic mass is 35.5. The van der Waals surface area contributed by atoms with Crippen LogP contribution in [0, 0.1) is 0 Å². The Morgan fingerprint density at radius 2 is 1.60 bits per heavy atom. The molecule has 0 atom stereocenters. The van der Waals surface area contributed by atoms with Crippen molar-refractivity contribution in [2.75, 3.05) is 11.9 Å². The molecule has 150 valence electrons. The second-order valence-corrected chi connectivity index (χ2v) is 8.18. The van der Waals surface area contributed by atoms with Crippen LogP contribution in [0.1, 0.15) is 0 Å². The van der Waals surface area contributed by atoms with Crippen molar-refractivity contribution in [3.8, 4) is 27.4 Å². The smallest absolute Gasteiger partial charge is 0.264 e. The van der Waals surface area contributed by atoms with Gasteiger partial charge >= 0.3 is 0 Å². The summed E-state index contributed by atoms with van der Waals surface area (Å²) in [4.78, 5) is 18.1. The largest absolute Gasteiger partial charge is 0.482 e. The van der Waals surface area contributed by atoms with Crippen molar-refractivity contribution >= 4 is 45.6 Å². The number of anilines is 1. The first kappa shape index (κ1) is 20.4. The number of aromatic nitrogens is 1. The maximum absolute atomic E-state index is 12.4. The van der Waals surface area contributed by atoms with Crippen LogP contribution < -0.4 is 10.1 Å². The van der Waals surface area contributed by atoms with Crippen LogP contribution >= 0.6 is 34.5 Å². The predicted octanol–water partition coefficient (Wildman–Crippen LogP) is 6.80. The molecule has 0 saturated heterocycles. The van der Waals surface area contributed by atoms with E-state index in [-0.39, 0.29) is 12.5 Å². The molecule has 1 amide bonds. The molecule has 0 saturated carbocycles. The lowest BCUT2D eigenvalue weighted by molar-refractivity contribution is -0.118. The predicted molar refractivity (Wildman–Crippen MR) is 124 cm³/mol. The van der Waals surface area contributed by atoms with E-state index in [2.05, 4.69) is 10.3 Å². The molecule has 0 aliphatic heterocycles. The fourth-order valence-electron chi connectivity index (χ4n) is 2.84. The first-order valence-corrected chi connectivity index (χ1v) is 10.7. The van der Waals surface area contributed by atoms with Crippen LogP contribution in [0.3, 0.4) is 0 Å². The van der Waals surface area contributed by atoms with Gasteiger partial charge in [0.05, 0.1) is 15.6 Å². The summed E-state index contributed by atoms with van der Waals surface area (Å²) in [5, 5.41) is 4.17. The Balaban J connectivity index is 1.54. The summed E-state index contributed by atoms with van der Waals surface area (Å²) in [5.41, 5.74) is 2.85. The maximum Gasteiger partial charge on any atom is 0.264 e. The van der Waals surface area contributed by atoms with Crippen molar-refractivity contribution < 1.29 is 9.53 Å². The average molecular weight is 455 g/mol. The summed E-state index contributed by atoms with van der Waals surface area (Å²) >= 11 is 13.4. The quantitative estimate of drug-likeness (QED) is 0.348. The number of halogens is 2. The standard InChI is InChI=1S/C23H16Cl2N2O2S/c24-17-11-12-19(18(25)13-17)29-14-20(28)26-23-27-21(15-7-3-1-4-8-15)22(30-23)16-9-5-2-6-10-16/h1-13H,14H2,(H,26,27,28). The zero-order valence-corrected chi connectivity index (χ0v) is 18.0. The molecule has 4 nitrogen and oxygen atoms in total. The van der Waals surface area contributed by atoms with Crippen molar-refractivity contribution in [1.82, 2.24) is 4.98 Å². The third kappa shape index (κ3) is 4.82. The lowest BCUT2D eigenvalue weighted by atomic mass is 10.1. The van der Waals surface area contributed by atoms with E-state index in [1.54, 1.807) is 18.2 Å². The van der Waals surface area contributed by atoms with Crippen molar-refractivity contribution in [2.24, 2.45) is 0 Å². The number of amides is 1. The molecule has 0 aliphatic rings. The van der Waals surface area contributed by atoms with Crippen LogP contribution in [0.4, 0.5) is 5.13 Å².